The highest BCUT2D eigenvalue weighted by atomic mass is 32.2. The number of rotatable bonds is 6. The quantitative estimate of drug-likeness (QED) is 0.593. The van der Waals surface area contributed by atoms with E-state index in [1.54, 1.807) is 0 Å². The lowest BCUT2D eigenvalue weighted by Crippen LogP contribution is -2.15. The molecule has 1 heterocycles. The van der Waals surface area contributed by atoms with E-state index in [4.69, 9.17) is 5.14 Å². The highest BCUT2D eigenvalue weighted by Crippen LogP contribution is 2.23. The number of hydrogen-bond acceptors (Lipinski definition) is 6. The topological polar surface area (TPSA) is 120 Å². The summed E-state index contributed by atoms with van der Waals surface area (Å²) >= 11 is 1.26. The molecule has 3 aromatic rings. The van der Waals surface area contributed by atoms with Crippen molar-refractivity contribution in [3.63, 3.8) is 0 Å². The van der Waals surface area contributed by atoms with Gasteiger partial charge in [0.15, 0.2) is 11.0 Å². The average Bonchev–Trinajstić information content (AvgIpc) is 3.01. The van der Waals surface area contributed by atoms with Crippen LogP contribution in [0.25, 0.3) is 11.4 Å². The zero-order valence-corrected chi connectivity index (χ0v) is 16.9. The Hall–Kier alpha value is -2.69. The summed E-state index contributed by atoms with van der Waals surface area (Å²) in [6.45, 7) is 2.02. The molecule has 1 aromatic heterocycles. The number of sulfonamides is 1. The van der Waals surface area contributed by atoms with E-state index in [9.17, 15) is 13.2 Å². The predicted octanol–water partition coefficient (Wildman–Crippen LogP) is 2.17. The molecule has 146 valence electrons. The number of aromatic nitrogens is 3. The number of thioether (sulfide) groups is 1. The number of carbonyl (C=O) groups is 1. The lowest BCUT2D eigenvalue weighted by Gasteiger charge is -2.06. The van der Waals surface area contributed by atoms with Crippen molar-refractivity contribution in [3.05, 3.63) is 54.1 Å². The van der Waals surface area contributed by atoms with Crippen molar-refractivity contribution in [2.24, 2.45) is 12.2 Å². The normalized spacial score (nSPS) is 11.4. The maximum Gasteiger partial charge on any atom is 0.238 e. The second-order valence-corrected chi connectivity index (χ2v) is 8.64. The van der Waals surface area contributed by atoms with Crippen LogP contribution < -0.4 is 10.5 Å². The highest BCUT2D eigenvalue weighted by Gasteiger charge is 2.13. The van der Waals surface area contributed by atoms with Gasteiger partial charge in [0.05, 0.1) is 10.6 Å². The van der Waals surface area contributed by atoms with E-state index in [0.717, 1.165) is 17.0 Å². The third-order valence-corrected chi connectivity index (χ3v) is 5.89. The molecule has 8 nitrogen and oxygen atoms in total. The fourth-order valence-electron chi connectivity index (χ4n) is 2.45. The second-order valence-electron chi connectivity index (χ2n) is 6.14. The third kappa shape index (κ3) is 4.77. The minimum absolute atomic E-state index is 0.0115. The molecule has 0 saturated heterocycles. The Bertz CT molecular complexity index is 1090. The van der Waals surface area contributed by atoms with E-state index in [0.29, 0.717) is 10.8 Å². The van der Waals surface area contributed by atoms with Crippen molar-refractivity contribution in [1.29, 1.82) is 0 Å². The largest absolute Gasteiger partial charge is 0.325 e. The van der Waals surface area contributed by atoms with Gasteiger partial charge in [-0.1, -0.05) is 41.6 Å². The zero-order chi connectivity index (χ0) is 20.3. The monoisotopic (exact) mass is 417 g/mol. The first-order chi connectivity index (χ1) is 13.2. The molecule has 0 aliphatic heterocycles. The molecule has 2 aromatic carbocycles. The fraction of sp³-hybridized carbons (Fsp3) is 0.167. The number of aryl methyl sites for hydroxylation is 1. The SMILES string of the molecule is Cc1ccc(-c2nnc(SCC(=O)Nc3ccc(S(N)(=O)=O)cc3)n2C)cc1. The second kappa shape index (κ2) is 8.13. The maximum atomic E-state index is 12.2. The third-order valence-electron chi connectivity index (χ3n) is 3.94. The van der Waals surface area contributed by atoms with Gasteiger partial charge in [0.1, 0.15) is 0 Å². The fourth-order valence-corrected chi connectivity index (χ4v) is 3.68. The molecule has 0 unspecified atom stereocenters. The van der Waals surface area contributed by atoms with Gasteiger partial charge in [-0.05, 0) is 31.2 Å². The molecule has 0 atom stereocenters. The van der Waals surface area contributed by atoms with Crippen molar-refractivity contribution >= 4 is 33.4 Å². The van der Waals surface area contributed by atoms with Crippen molar-refractivity contribution in [2.75, 3.05) is 11.1 Å². The lowest BCUT2D eigenvalue weighted by atomic mass is 10.1. The van der Waals surface area contributed by atoms with Crippen molar-refractivity contribution in [3.8, 4) is 11.4 Å². The van der Waals surface area contributed by atoms with Gasteiger partial charge in [0.25, 0.3) is 0 Å². The van der Waals surface area contributed by atoms with Crippen LogP contribution in [0, 0.1) is 6.92 Å². The summed E-state index contributed by atoms with van der Waals surface area (Å²) in [6.07, 6.45) is 0. The molecule has 0 spiro atoms. The van der Waals surface area contributed by atoms with Crippen LogP contribution in [0.4, 0.5) is 5.69 Å². The number of anilines is 1. The molecule has 0 saturated carbocycles. The minimum atomic E-state index is -3.76. The van der Waals surface area contributed by atoms with Gasteiger partial charge in [-0.2, -0.15) is 0 Å². The number of primary sulfonamides is 1. The number of benzene rings is 2. The van der Waals surface area contributed by atoms with Gasteiger partial charge < -0.3 is 9.88 Å². The standard InChI is InChI=1S/C18H19N5O3S2/c1-12-3-5-13(6-4-12)17-21-22-18(23(17)2)27-11-16(24)20-14-7-9-15(10-8-14)28(19,25)26/h3-10H,11H2,1-2H3,(H,20,24)(H2,19,25,26). The number of carbonyl (C=O) groups excluding carboxylic acids is 1. The molecule has 0 radical (unpaired) electrons. The van der Waals surface area contributed by atoms with Crippen LogP contribution in [-0.2, 0) is 21.9 Å². The summed E-state index contributed by atoms with van der Waals surface area (Å²) in [5.74, 6) is 0.617. The highest BCUT2D eigenvalue weighted by molar-refractivity contribution is 7.99. The Balaban J connectivity index is 1.61. The van der Waals surface area contributed by atoms with E-state index in [2.05, 4.69) is 15.5 Å². The van der Waals surface area contributed by atoms with E-state index < -0.39 is 10.0 Å². The molecular formula is C18H19N5O3S2. The first-order valence-electron chi connectivity index (χ1n) is 8.26. The Morgan fingerprint density at radius 1 is 1.11 bits per heavy atom. The van der Waals surface area contributed by atoms with E-state index >= 15 is 0 Å². The van der Waals surface area contributed by atoms with Gasteiger partial charge >= 0.3 is 0 Å². The summed E-state index contributed by atoms with van der Waals surface area (Å²) in [5.41, 5.74) is 2.59. The summed E-state index contributed by atoms with van der Waals surface area (Å²) in [5, 5.41) is 16.7. The molecule has 0 aliphatic rings. The van der Waals surface area contributed by atoms with Crippen LogP contribution >= 0.6 is 11.8 Å². The average molecular weight is 418 g/mol. The van der Waals surface area contributed by atoms with Crippen LogP contribution in [0.2, 0.25) is 0 Å². The van der Waals surface area contributed by atoms with Gasteiger partial charge in [0, 0.05) is 18.3 Å². The Kier molecular flexibility index (Phi) is 5.82. The van der Waals surface area contributed by atoms with Crippen LogP contribution in [0.15, 0.2) is 58.6 Å². The number of amides is 1. The van der Waals surface area contributed by atoms with Gasteiger partial charge in [0.2, 0.25) is 15.9 Å². The number of nitrogens with one attached hydrogen (secondary N) is 1. The summed E-state index contributed by atoms with van der Waals surface area (Å²) < 4.78 is 24.3. The maximum absolute atomic E-state index is 12.2. The Morgan fingerprint density at radius 2 is 1.75 bits per heavy atom. The van der Waals surface area contributed by atoms with Gasteiger partial charge in [-0.15, -0.1) is 10.2 Å². The summed E-state index contributed by atoms with van der Waals surface area (Å²) in [7, 11) is -1.91. The van der Waals surface area contributed by atoms with Crippen molar-refractivity contribution in [2.45, 2.75) is 17.0 Å². The van der Waals surface area contributed by atoms with Crippen LogP contribution in [0.5, 0.6) is 0 Å². The predicted molar refractivity (Wildman–Crippen MR) is 108 cm³/mol. The van der Waals surface area contributed by atoms with Gasteiger partial charge in [-0.25, -0.2) is 13.6 Å². The van der Waals surface area contributed by atoms with Gasteiger partial charge in [-0.3, -0.25) is 4.79 Å². The van der Waals surface area contributed by atoms with E-state index in [1.165, 1.54) is 36.0 Å². The molecule has 10 heteroatoms. The smallest absolute Gasteiger partial charge is 0.238 e. The zero-order valence-electron chi connectivity index (χ0n) is 15.3. The number of nitrogens with two attached hydrogens (primary N) is 1. The van der Waals surface area contributed by atoms with Crippen LogP contribution in [-0.4, -0.2) is 34.8 Å². The Morgan fingerprint density at radius 3 is 2.36 bits per heavy atom. The van der Waals surface area contributed by atoms with Crippen LogP contribution in [0.3, 0.4) is 0 Å². The first-order valence-corrected chi connectivity index (χ1v) is 10.8. The lowest BCUT2D eigenvalue weighted by molar-refractivity contribution is -0.113. The minimum Gasteiger partial charge on any atom is -0.325 e. The van der Waals surface area contributed by atoms with Crippen molar-refractivity contribution in [1.82, 2.24) is 14.8 Å². The number of nitrogens with zero attached hydrogens (tertiary/aromatic N) is 3. The molecule has 28 heavy (non-hydrogen) atoms. The van der Waals surface area contributed by atoms with E-state index in [1.807, 2.05) is 42.8 Å². The first kappa shape index (κ1) is 20.1. The molecule has 1 amide bonds. The molecule has 0 aliphatic carbocycles. The molecule has 3 N–H and O–H groups in total. The van der Waals surface area contributed by atoms with Crippen LogP contribution in [0.1, 0.15) is 5.56 Å². The molecular weight excluding hydrogens is 398 g/mol. The molecule has 3 rings (SSSR count). The number of hydrogen-bond donors (Lipinski definition) is 2. The molecule has 0 bridgehead atoms. The van der Waals surface area contributed by atoms with E-state index in [-0.39, 0.29) is 16.6 Å². The summed E-state index contributed by atoms with van der Waals surface area (Å²) in [4.78, 5) is 12.1. The Labute approximate surface area is 167 Å². The molecule has 0 fully saturated rings. The van der Waals surface area contributed by atoms with Crippen molar-refractivity contribution < 1.29 is 13.2 Å². The summed E-state index contributed by atoms with van der Waals surface area (Å²) in [6, 6.07) is 13.6.